The molecule has 1 aliphatic rings. The monoisotopic (exact) mass is 436 g/mol. The normalized spacial score (nSPS) is 16.4. The van der Waals surface area contributed by atoms with Gasteiger partial charge in [0.05, 0.1) is 37.4 Å². The number of rotatable bonds is 6. The van der Waals surface area contributed by atoms with Gasteiger partial charge in [0, 0.05) is 29.9 Å². The van der Waals surface area contributed by atoms with Gasteiger partial charge in [-0.1, -0.05) is 13.8 Å². The van der Waals surface area contributed by atoms with Crippen molar-refractivity contribution in [2.75, 3.05) is 20.8 Å². The van der Waals surface area contributed by atoms with Gasteiger partial charge in [-0.15, -0.1) is 0 Å². The van der Waals surface area contributed by atoms with E-state index in [4.69, 9.17) is 14.5 Å². The molecule has 0 spiro atoms. The van der Waals surface area contributed by atoms with Crippen molar-refractivity contribution in [1.82, 2.24) is 19.7 Å². The number of amides is 1. The van der Waals surface area contributed by atoms with Crippen molar-refractivity contribution in [3.8, 4) is 11.5 Å². The summed E-state index contributed by atoms with van der Waals surface area (Å²) in [4.78, 5) is 20.7. The molecule has 0 saturated carbocycles. The van der Waals surface area contributed by atoms with Gasteiger partial charge in [-0.05, 0) is 50.8 Å². The van der Waals surface area contributed by atoms with E-state index in [1.165, 1.54) is 0 Å². The number of methoxy groups -OCH3 is 2. The van der Waals surface area contributed by atoms with Gasteiger partial charge in [0.2, 0.25) is 0 Å². The molecule has 7 heteroatoms. The van der Waals surface area contributed by atoms with E-state index >= 15 is 0 Å². The van der Waals surface area contributed by atoms with Crippen molar-refractivity contribution in [3.63, 3.8) is 0 Å². The number of fused-ring (bicyclic) bond motifs is 1. The molecule has 1 unspecified atom stereocenters. The first kappa shape index (κ1) is 22.1. The van der Waals surface area contributed by atoms with Crippen LogP contribution >= 0.6 is 0 Å². The number of likely N-dealkylation sites (tertiary alicyclic amines) is 1. The third-order valence-electron chi connectivity index (χ3n) is 6.21. The van der Waals surface area contributed by atoms with Gasteiger partial charge in [0.25, 0.3) is 5.91 Å². The van der Waals surface area contributed by atoms with Gasteiger partial charge in [-0.25, -0.2) is 9.67 Å². The summed E-state index contributed by atoms with van der Waals surface area (Å²) in [6, 6.07) is 7.87. The van der Waals surface area contributed by atoms with Crippen molar-refractivity contribution < 1.29 is 14.3 Å². The molecule has 170 valence electrons. The number of carbonyl (C=O) groups is 1. The van der Waals surface area contributed by atoms with Crippen LogP contribution in [0.3, 0.4) is 0 Å². The van der Waals surface area contributed by atoms with Crippen LogP contribution in [0, 0.1) is 0 Å². The van der Waals surface area contributed by atoms with Crippen molar-refractivity contribution in [1.29, 1.82) is 0 Å². The topological polar surface area (TPSA) is 69.5 Å². The molecule has 0 bridgehead atoms. The third-order valence-corrected chi connectivity index (χ3v) is 6.21. The summed E-state index contributed by atoms with van der Waals surface area (Å²) in [6.07, 6.45) is 3.62. The Kier molecular flexibility index (Phi) is 6.09. The fourth-order valence-corrected chi connectivity index (χ4v) is 4.47. The zero-order valence-corrected chi connectivity index (χ0v) is 19.8. The zero-order valence-electron chi connectivity index (χ0n) is 19.8. The second kappa shape index (κ2) is 8.81. The summed E-state index contributed by atoms with van der Waals surface area (Å²) in [5.74, 6) is 1.70. The van der Waals surface area contributed by atoms with E-state index in [9.17, 15) is 4.79 Å². The van der Waals surface area contributed by atoms with E-state index in [1.54, 1.807) is 20.4 Å². The lowest BCUT2D eigenvalue weighted by atomic mass is 10.0. The van der Waals surface area contributed by atoms with E-state index in [0.29, 0.717) is 12.1 Å². The molecule has 1 amide bonds. The highest BCUT2D eigenvalue weighted by molar-refractivity contribution is 6.05. The molecule has 0 N–H and O–H groups in total. The van der Waals surface area contributed by atoms with Gasteiger partial charge in [0.15, 0.2) is 5.65 Å². The van der Waals surface area contributed by atoms with E-state index in [0.717, 1.165) is 46.6 Å². The minimum Gasteiger partial charge on any atom is -0.497 e. The van der Waals surface area contributed by atoms with Crippen LogP contribution in [0.4, 0.5) is 0 Å². The first-order valence-electron chi connectivity index (χ1n) is 11.3. The van der Waals surface area contributed by atoms with Crippen molar-refractivity contribution in [2.45, 2.75) is 58.5 Å². The molecule has 4 rings (SSSR count). The average molecular weight is 437 g/mol. The molecule has 1 saturated heterocycles. The molecular weight excluding hydrogens is 404 g/mol. The maximum Gasteiger partial charge on any atom is 0.255 e. The Morgan fingerprint density at radius 3 is 2.56 bits per heavy atom. The molecule has 1 aromatic carbocycles. The van der Waals surface area contributed by atoms with Gasteiger partial charge >= 0.3 is 0 Å². The number of aromatic nitrogens is 3. The standard InChI is InChI=1S/C25H32N4O3/c1-15(2)21-13-19(20-14-26-29(16(3)4)24(20)27-21)25(30)28-11-7-8-22(28)18-10-9-17(31-5)12-23(18)32-6/h9-10,12-16,22H,7-8,11H2,1-6H3. The first-order chi connectivity index (χ1) is 15.3. The summed E-state index contributed by atoms with van der Waals surface area (Å²) in [6.45, 7) is 9.05. The summed E-state index contributed by atoms with van der Waals surface area (Å²) in [5.41, 5.74) is 3.35. The van der Waals surface area contributed by atoms with E-state index in [1.807, 2.05) is 33.8 Å². The molecule has 0 radical (unpaired) electrons. The maximum atomic E-state index is 13.9. The minimum absolute atomic E-state index is 0.0166. The number of benzene rings is 1. The Labute approximate surface area is 189 Å². The van der Waals surface area contributed by atoms with Crippen LogP contribution in [0.2, 0.25) is 0 Å². The Morgan fingerprint density at radius 2 is 1.91 bits per heavy atom. The number of hydrogen-bond acceptors (Lipinski definition) is 5. The minimum atomic E-state index is -0.0470. The average Bonchev–Trinajstić information content (AvgIpc) is 3.44. The number of carbonyl (C=O) groups excluding carboxylic acids is 1. The fourth-order valence-electron chi connectivity index (χ4n) is 4.47. The smallest absolute Gasteiger partial charge is 0.255 e. The van der Waals surface area contributed by atoms with Crippen molar-refractivity contribution in [3.05, 3.63) is 47.3 Å². The lowest BCUT2D eigenvalue weighted by Gasteiger charge is -2.27. The molecule has 1 fully saturated rings. The molecular formula is C25H32N4O3. The van der Waals surface area contributed by atoms with Crippen molar-refractivity contribution >= 4 is 16.9 Å². The second-order valence-electron chi connectivity index (χ2n) is 8.93. The SMILES string of the molecule is COc1ccc(C2CCCN2C(=O)c2cc(C(C)C)nc3c2cnn3C(C)C)c(OC)c1. The van der Waals surface area contributed by atoms with Gasteiger partial charge in [-0.2, -0.15) is 5.10 Å². The Bertz CT molecular complexity index is 1140. The molecule has 1 atom stereocenters. The zero-order chi connectivity index (χ0) is 23.0. The summed E-state index contributed by atoms with van der Waals surface area (Å²) in [5, 5.41) is 5.34. The molecule has 3 aromatic rings. The fraction of sp³-hybridized carbons (Fsp3) is 0.480. The van der Waals surface area contributed by atoms with E-state index in [-0.39, 0.29) is 23.9 Å². The van der Waals surface area contributed by atoms with Crippen LogP contribution in [0.25, 0.3) is 11.0 Å². The van der Waals surface area contributed by atoms with Crippen LogP contribution in [0.5, 0.6) is 11.5 Å². The molecule has 0 aliphatic carbocycles. The van der Waals surface area contributed by atoms with Gasteiger partial charge in [0.1, 0.15) is 11.5 Å². The van der Waals surface area contributed by atoms with Crippen LogP contribution in [0.15, 0.2) is 30.5 Å². The maximum absolute atomic E-state index is 13.9. The highest BCUT2D eigenvalue weighted by atomic mass is 16.5. The Hall–Kier alpha value is -3.09. The number of hydrogen-bond donors (Lipinski definition) is 0. The molecule has 3 heterocycles. The van der Waals surface area contributed by atoms with Crippen molar-refractivity contribution in [2.24, 2.45) is 0 Å². The van der Waals surface area contributed by atoms with Gasteiger partial charge < -0.3 is 14.4 Å². The predicted octanol–water partition coefficient (Wildman–Crippen LogP) is 5.13. The van der Waals surface area contributed by atoms with E-state index in [2.05, 4.69) is 32.8 Å². The summed E-state index contributed by atoms with van der Waals surface area (Å²) < 4.78 is 12.9. The largest absolute Gasteiger partial charge is 0.497 e. The second-order valence-corrected chi connectivity index (χ2v) is 8.93. The molecule has 32 heavy (non-hydrogen) atoms. The lowest BCUT2D eigenvalue weighted by molar-refractivity contribution is 0.0736. The highest BCUT2D eigenvalue weighted by Gasteiger charge is 2.34. The highest BCUT2D eigenvalue weighted by Crippen LogP contribution is 2.40. The Morgan fingerprint density at radius 1 is 1.12 bits per heavy atom. The quantitative estimate of drug-likeness (QED) is 0.536. The number of nitrogens with zero attached hydrogens (tertiary/aromatic N) is 4. The van der Waals surface area contributed by atoms with E-state index < -0.39 is 0 Å². The van der Waals surface area contributed by atoms with Crippen LogP contribution in [-0.4, -0.2) is 46.3 Å². The summed E-state index contributed by atoms with van der Waals surface area (Å²) in [7, 11) is 3.29. The molecule has 7 nitrogen and oxygen atoms in total. The van der Waals surface area contributed by atoms with Crippen LogP contribution in [-0.2, 0) is 0 Å². The van der Waals surface area contributed by atoms with Crippen LogP contribution in [0.1, 0.15) is 80.2 Å². The van der Waals surface area contributed by atoms with Crippen LogP contribution < -0.4 is 9.47 Å². The van der Waals surface area contributed by atoms with Gasteiger partial charge in [-0.3, -0.25) is 4.79 Å². The number of pyridine rings is 1. The number of ether oxygens (including phenoxy) is 2. The molecule has 2 aromatic heterocycles. The Balaban J connectivity index is 1.79. The first-order valence-corrected chi connectivity index (χ1v) is 11.3. The lowest BCUT2D eigenvalue weighted by Crippen LogP contribution is -2.31. The third kappa shape index (κ3) is 3.80. The summed E-state index contributed by atoms with van der Waals surface area (Å²) >= 11 is 0. The predicted molar refractivity (Wildman–Crippen MR) is 125 cm³/mol. The molecule has 1 aliphatic heterocycles.